The molecule has 0 unspecified atom stereocenters. The lowest BCUT2D eigenvalue weighted by molar-refractivity contribution is 0.0174. The molecule has 0 spiro atoms. The molecular weight excluding hydrogens is 340 g/mol. The molecule has 2 aromatic carbocycles. The van der Waals surface area contributed by atoms with Crippen LogP contribution >= 0.6 is 0 Å². The highest BCUT2D eigenvalue weighted by Crippen LogP contribution is 2.28. The predicted octanol–water partition coefficient (Wildman–Crippen LogP) is 7.78. The summed E-state index contributed by atoms with van der Waals surface area (Å²) in [7, 11) is 0. The fourth-order valence-corrected chi connectivity index (χ4v) is 2.24. The third kappa shape index (κ3) is 7.59. The Bertz CT molecular complexity index is 647. The number of halogens is 4. The zero-order chi connectivity index (χ0) is 20.5. The zero-order valence-electron chi connectivity index (χ0n) is 16.8. The Labute approximate surface area is 155 Å². The van der Waals surface area contributed by atoms with E-state index in [-0.39, 0.29) is 11.1 Å². The monoisotopic (exact) mass is 370 g/mol. The van der Waals surface area contributed by atoms with E-state index in [1.54, 1.807) is 26.0 Å². The number of hydrogen-bond acceptors (Lipinski definition) is 0. The Morgan fingerprint density at radius 2 is 1.46 bits per heavy atom. The Morgan fingerprint density at radius 3 is 1.85 bits per heavy atom. The van der Waals surface area contributed by atoms with Gasteiger partial charge in [0, 0.05) is 18.1 Å². The maximum Gasteiger partial charge on any atom is 0.270 e. The summed E-state index contributed by atoms with van der Waals surface area (Å²) in [6, 6.07) is 9.29. The van der Waals surface area contributed by atoms with Gasteiger partial charge >= 0.3 is 0 Å². The molecule has 26 heavy (non-hydrogen) atoms. The summed E-state index contributed by atoms with van der Waals surface area (Å²) < 4.78 is 51.5. The fraction of sp³-hybridized carbons (Fsp3) is 0.455. The molecule has 0 amide bonds. The zero-order valence-corrected chi connectivity index (χ0v) is 16.8. The van der Waals surface area contributed by atoms with Crippen molar-refractivity contribution in [3.8, 4) is 0 Å². The minimum Gasteiger partial charge on any atom is -0.207 e. The molecule has 0 aliphatic rings. The van der Waals surface area contributed by atoms with Gasteiger partial charge in [-0.15, -0.1) is 0 Å². The van der Waals surface area contributed by atoms with Gasteiger partial charge in [-0.3, -0.25) is 0 Å². The van der Waals surface area contributed by atoms with Crippen LogP contribution in [0.4, 0.5) is 17.6 Å². The summed E-state index contributed by atoms with van der Waals surface area (Å²) in [6.45, 7) is 12.3. The molecule has 2 rings (SSSR count). The van der Waals surface area contributed by atoms with Crippen molar-refractivity contribution in [3.63, 3.8) is 0 Å². The van der Waals surface area contributed by atoms with Crippen molar-refractivity contribution in [1.82, 2.24) is 0 Å². The van der Waals surface area contributed by atoms with Gasteiger partial charge in [0.15, 0.2) is 0 Å². The lowest BCUT2D eigenvalue weighted by atomic mass is 9.99. The SMILES string of the molecule is CC.CC(C)c1cccc(C(C)(F)F)c1.CCc1c(F)cc(C)cc1F. The maximum absolute atomic E-state index is 12.9. The molecule has 0 atom stereocenters. The van der Waals surface area contributed by atoms with Crippen LogP contribution in [-0.4, -0.2) is 0 Å². The van der Waals surface area contributed by atoms with Crippen molar-refractivity contribution in [2.24, 2.45) is 0 Å². The molecule has 0 aliphatic heterocycles. The number of alkyl halides is 2. The average Bonchev–Trinajstić information content (AvgIpc) is 2.56. The predicted molar refractivity (Wildman–Crippen MR) is 102 cm³/mol. The quantitative estimate of drug-likeness (QED) is 0.484. The third-order valence-corrected chi connectivity index (χ3v) is 3.70. The highest BCUT2D eigenvalue weighted by atomic mass is 19.3. The summed E-state index contributed by atoms with van der Waals surface area (Å²) in [5.74, 6) is -3.32. The summed E-state index contributed by atoms with van der Waals surface area (Å²) in [4.78, 5) is 0. The highest BCUT2D eigenvalue weighted by Gasteiger charge is 2.24. The van der Waals surface area contributed by atoms with Crippen LogP contribution in [0.5, 0.6) is 0 Å². The molecule has 0 aromatic heterocycles. The van der Waals surface area contributed by atoms with Crippen LogP contribution in [0.15, 0.2) is 36.4 Å². The third-order valence-electron chi connectivity index (χ3n) is 3.70. The second kappa shape index (κ2) is 11.0. The summed E-state index contributed by atoms with van der Waals surface area (Å²) in [6.07, 6.45) is 0.401. The largest absolute Gasteiger partial charge is 0.270 e. The van der Waals surface area contributed by atoms with Crippen LogP contribution in [0.2, 0.25) is 0 Å². The minimum absolute atomic E-state index is 0.0960. The van der Waals surface area contributed by atoms with Gasteiger partial charge in [0.1, 0.15) is 11.6 Å². The summed E-state index contributed by atoms with van der Waals surface area (Å²) in [5.41, 5.74) is 1.85. The normalized spacial score (nSPS) is 10.6. The van der Waals surface area contributed by atoms with Crippen molar-refractivity contribution in [3.05, 3.63) is 70.3 Å². The van der Waals surface area contributed by atoms with Crippen molar-refractivity contribution in [2.45, 2.75) is 66.7 Å². The first-order valence-corrected chi connectivity index (χ1v) is 8.99. The van der Waals surface area contributed by atoms with Crippen molar-refractivity contribution >= 4 is 0 Å². The van der Waals surface area contributed by atoms with E-state index in [1.807, 2.05) is 33.8 Å². The number of rotatable bonds is 3. The minimum atomic E-state index is -2.73. The van der Waals surface area contributed by atoms with Gasteiger partial charge in [0.2, 0.25) is 0 Å². The van der Waals surface area contributed by atoms with Crippen LogP contribution < -0.4 is 0 Å². The van der Waals surface area contributed by atoms with Crippen LogP contribution in [0.25, 0.3) is 0 Å². The molecule has 0 bridgehead atoms. The Balaban J connectivity index is 0.000000444. The molecule has 0 heterocycles. The second-order valence-electron chi connectivity index (χ2n) is 6.23. The van der Waals surface area contributed by atoms with Crippen molar-refractivity contribution < 1.29 is 17.6 Å². The van der Waals surface area contributed by atoms with E-state index in [0.717, 1.165) is 12.5 Å². The Hall–Kier alpha value is -1.84. The highest BCUT2D eigenvalue weighted by molar-refractivity contribution is 5.28. The van der Waals surface area contributed by atoms with E-state index in [0.29, 0.717) is 17.9 Å². The van der Waals surface area contributed by atoms with Gasteiger partial charge in [-0.05, 0) is 48.6 Å². The first-order valence-electron chi connectivity index (χ1n) is 8.99. The molecule has 2 aromatic rings. The lowest BCUT2D eigenvalue weighted by Crippen LogP contribution is -2.07. The van der Waals surface area contributed by atoms with Crippen LogP contribution in [-0.2, 0) is 12.3 Å². The molecule has 146 valence electrons. The van der Waals surface area contributed by atoms with Crippen molar-refractivity contribution in [2.75, 3.05) is 0 Å². The summed E-state index contributed by atoms with van der Waals surface area (Å²) in [5, 5.41) is 0. The summed E-state index contributed by atoms with van der Waals surface area (Å²) >= 11 is 0. The first kappa shape index (κ1) is 24.2. The molecule has 0 N–H and O–H groups in total. The molecule has 0 fully saturated rings. The van der Waals surface area contributed by atoms with E-state index in [4.69, 9.17) is 0 Å². The van der Waals surface area contributed by atoms with E-state index in [2.05, 4.69) is 0 Å². The van der Waals surface area contributed by atoms with Crippen LogP contribution in [0.1, 0.15) is 69.7 Å². The van der Waals surface area contributed by atoms with Gasteiger partial charge in [0.05, 0.1) is 0 Å². The topological polar surface area (TPSA) is 0 Å². The Morgan fingerprint density at radius 1 is 0.962 bits per heavy atom. The number of hydrogen-bond donors (Lipinski definition) is 0. The molecule has 0 radical (unpaired) electrons. The fourth-order valence-electron chi connectivity index (χ4n) is 2.24. The molecule has 0 saturated carbocycles. The van der Waals surface area contributed by atoms with E-state index < -0.39 is 17.6 Å². The first-order chi connectivity index (χ1) is 12.1. The molecule has 4 heteroatoms. The maximum atomic E-state index is 12.9. The van der Waals surface area contributed by atoms with Crippen LogP contribution in [0, 0.1) is 18.6 Å². The van der Waals surface area contributed by atoms with E-state index in [9.17, 15) is 17.6 Å². The van der Waals surface area contributed by atoms with Gasteiger partial charge in [-0.2, -0.15) is 0 Å². The van der Waals surface area contributed by atoms with Gasteiger partial charge in [-0.1, -0.05) is 52.8 Å². The molecule has 0 aliphatic carbocycles. The van der Waals surface area contributed by atoms with E-state index in [1.165, 1.54) is 18.2 Å². The smallest absolute Gasteiger partial charge is 0.207 e. The number of benzene rings is 2. The van der Waals surface area contributed by atoms with Gasteiger partial charge in [0.25, 0.3) is 5.92 Å². The second-order valence-corrected chi connectivity index (χ2v) is 6.23. The molecular formula is C22H30F4. The van der Waals surface area contributed by atoms with E-state index >= 15 is 0 Å². The molecule has 0 nitrogen and oxygen atoms in total. The standard InChI is InChI=1S/C11H14F2.C9H10F2.C2H6/c1-8(2)9-5-4-6-10(7-9)11(3,12)13;1-3-7-8(10)4-6(2)5-9(7)11;1-2/h4-8H,1-3H3;4-5H,3H2,1-2H3;1-2H3. The average molecular weight is 370 g/mol. The van der Waals surface area contributed by atoms with Crippen molar-refractivity contribution in [1.29, 1.82) is 0 Å². The van der Waals surface area contributed by atoms with Gasteiger partial charge < -0.3 is 0 Å². The lowest BCUT2D eigenvalue weighted by Gasteiger charge is -2.13. The van der Waals surface area contributed by atoms with Gasteiger partial charge in [-0.25, -0.2) is 17.6 Å². The molecule has 0 saturated heterocycles. The van der Waals surface area contributed by atoms with Crippen LogP contribution in [0.3, 0.4) is 0 Å². The number of aryl methyl sites for hydroxylation is 1. The Kier molecular flexibility index (Phi) is 10.2.